The maximum atomic E-state index is 13.0. The number of hydrogen-bond donors (Lipinski definition) is 0. The van der Waals surface area contributed by atoms with Gasteiger partial charge in [0.2, 0.25) is 0 Å². The summed E-state index contributed by atoms with van der Waals surface area (Å²) < 4.78 is 4.84. The second-order valence-corrected chi connectivity index (χ2v) is 9.38. The number of carbonyl (C=O) groups excluding carboxylic acids is 2. The van der Waals surface area contributed by atoms with E-state index in [9.17, 15) is 9.59 Å². The molecule has 4 nitrogen and oxygen atoms in total. The van der Waals surface area contributed by atoms with E-state index in [4.69, 9.17) is 4.74 Å². The maximum Gasteiger partial charge on any atom is 0.305 e. The Balaban J connectivity index is 1.59. The van der Waals surface area contributed by atoms with Gasteiger partial charge in [0, 0.05) is 30.7 Å². The van der Waals surface area contributed by atoms with Crippen LogP contribution in [0.4, 0.5) is 0 Å². The number of esters is 1. The quantitative estimate of drug-likeness (QED) is 0.700. The first-order valence-electron chi connectivity index (χ1n) is 10.6. The first-order chi connectivity index (χ1) is 13.4. The van der Waals surface area contributed by atoms with Crippen molar-refractivity contribution in [1.29, 1.82) is 0 Å². The number of hydrogen-bond acceptors (Lipinski definition) is 4. The summed E-state index contributed by atoms with van der Waals surface area (Å²) in [5, 5.41) is 0. The summed E-state index contributed by atoms with van der Waals surface area (Å²) in [6.45, 7) is 4.53. The van der Waals surface area contributed by atoms with Crippen molar-refractivity contribution in [1.82, 2.24) is 4.98 Å². The van der Waals surface area contributed by atoms with Crippen LogP contribution in [-0.4, -0.2) is 23.8 Å². The summed E-state index contributed by atoms with van der Waals surface area (Å²) in [5.41, 5.74) is 2.45. The molecule has 4 heteroatoms. The topological polar surface area (TPSA) is 56.3 Å². The number of carbonyl (C=O) groups is 2. The molecule has 5 atom stereocenters. The number of allylic oxidation sites excluding steroid dienone is 2. The summed E-state index contributed by atoms with van der Waals surface area (Å²) in [4.78, 5) is 29.0. The first kappa shape index (κ1) is 19.4. The highest BCUT2D eigenvalue weighted by Gasteiger charge is 2.57. The van der Waals surface area contributed by atoms with Crippen LogP contribution >= 0.6 is 0 Å². The van der Waals surface area contributed by atoms with E-state index in [0.717, 1.165) is 25.7 Å². The molecule has 0 aromatic carbocycles. The Morgan fingerprint density at radius 2 is 2.11 bits per heavy atom. The number of pyridine rings is 1. The minimum atomic E-state index is -0.393. The molecule has 1 heterocycles. The molecule has 28 heavy (non-hydrogen) atoms. The van der Waals surface area contributed by atoms with E-state index in [1.807, 2.05) is 18.5 Å². The second kappa shape index (κ2) is 7.13. The molecule has 3 aliphatic carbocycles. The number of ketones is 1. The normalized spacial score (nSPS) is 37.0. The number of aromatic nitrogens is 1. The van der Waals surface area contributed by atoms with E-state index in [1.165, 1.54) is 18.2 Å². The lowest BCUT2D eigenvalue weighted by molar-refractivity contribution is -0.147. The molecule has 0 bridgehead atoms. The van der Waals surface area contributed by atoms with Crippen LogP contribution in [-0.2, 0) is 14.3 Å². The molecule has 4 rings (SSSR count). The number of fused-ring (bicyclic) bond motifs is 3. The molecule has 0 N–H and O–H groups in total. The van der Waals surface area contributed by atoms with Crippen LogP contribution in [0.1, 0.15) is 64.4 Å². The molecule has 0 spiro atoms. The van der Waals surface area contributed by atoms with E-state index < -0.39 is 5.41 Å². The van der Waals surface area contributed by atoms with Crippen molar-refractivity contribution in [2.24, 2.45) is 28.6 Å². The van der Waals surface area contributed by atoms with Gasteiger partial charge in [-0.25, -0.2) is 0 Å². The zero-order valence-corrected chi connectivity index (χ0v) is 17.2. The van der Waals surface area contributed by atoms with Crippen molar-refractivity contribution in [3.63, 3.8) is 0 Å². The van der Waals surface area contributed by atoms with Crippen molar-refractivity contribution in [3.05, 3.63) is 36.2 Å². The van der Waals surface area contributed by atoms with E-state index in [2.05, 4.69) is 31.0 Å². The lowest BCUT2D eigenvalue weighted by Gasteiger charge is -2.55. The van der Waals surface area contributed by atoms with Gasteiger partial charge in [-0.05, 0) is 72.5 Å². The minimum absolute atomic E-state index is 0.161. The van der Waals surface area contributed by atoms with Crippen molar-refractivity contribution < 1.29 is 14.3 Å². The number of rotatable bonds is 4. The highest BCUT2D eigenvalue weighted by molar-refractivity contribution is 5.86. The Morgan fingerprint density at radius 3 is 2.82 bits per heavy atom. The van der Waals surface area contributed by atoms with Gasteiger partial charge in [-0.15, -0.1) is 0 Å². The largest absolute Gasteiger partial charge is 0.469 e. The number of Topliss-reactive ketones (excluding diaryl/α,β-unsaturated/α-hetero) is 1. The molecule has 3 aliphatic rings. The van der Waals surface area contributed by atoms with Gasteiger partial charge in [-0.3, -0.25) is 14.6 Å². The predicted octanol–water partition coefficient (Wildman–Crippen LogP) is 4.84. The average molecular weight is 382 g/mol. The fourth-order valence-electron chi connectivity index (χ4n) is 6.60. The van der Waals surface area contributed by atoms with Gasteiger partial charge >= 0.3 is 5.97 Å². The molecule has 0 radical (unpaired) electrons. The molecular formula is C24H31NO3. The second-order valence-electron chi connectivity index (χ2n) is 9.38. The highest BCUT2D eigenvalue weighted by Crippen LogP contribution is 2.64. The van der Waals surface area contributed by atoms with E-state index in [-0.39, 0.29) is 11.4 Å². The molecule has 1 aromatic rings. The molecule has 0 aliphatic heterocycles. The van der Waals surface area contributed by atoms with Gasteiger partial charge in [-0.2, -0.15) is 0 Å². The van der Waals surface area contributed by atoms with E-state index in [1.54, 1.807) is 0 Å². The third-order valence-corrected chi connectivity index (χ3v) is 8.23. The van der Waals surface area contributed by atoms with Gasteiger partial charge in [0.05, 0.1) is 7.11 Å². The monoisotopic (exact) mass is 381 g/mol. The van der Waals surface area contributed by atoms with Crippen LogP contribution in [0.15, 0.2) is 30.6 Å². The lowest BCUT2D eigenvalue weighted by atomic mass is 9.48. The molecule has 0 saturated heterocycles. The molecule has 2 saturated carbocycles. The fourth-order valence-corrected chi connectivity index (χ4v) is 6.60. The van der Waals surface area contributed by atoms with Crippen LogP contribution in [0.5, 0.6) is 0 Å². The van der Waals surface area contributed by atoms with Gasteiger partial charge in [0.25, 0.3) is 0 Å². The van der Waals surface area contributed by atoms with Gasteiger partial charge < -0.3 is 4.74 Å². The van der Waals surface area contributed by atoms with Gasteiger partial charge in [-0.1, -0.05) is 26.0 Å². The fraction of sp³-hybridized carbons (Fsp3) is 0.625. The molecule has 5 unspecified atom stereocenters. The van der Waals surface area contributed by atoms with Crippen LogP contribution < -0.4 is 0 Å². The Kier molecular flexibility index (Phi) is 4.93. The summed E-state index contributed by atoms with van der Waals surface area (Å²) in [6, 6.07) is 4.19. The maximum absolute atomic E-state index is 13.0. The van der Waals surface area contributed by atoms with Crippen LogP contribution in [0, 0.1) is 28.6 Å². The van der Waals surface area contributed by atoms with Crippen molar-refractivity contribution in [2.75, 3.05) is 7.11 Å². The number of methoxy groups -OCH3 is 1. The predicted molar refractivity (Wildman–Crippen MR) is 108 cm³/mol. The Labute approximate surface area is 167 Å². The molecule has 1 aromatic heterocycles. The molecule has 2 fully saturated rings. The summed E-state index contributed by atoms with van der Waals surface area (Å²) >= 11 is 0. The van der Waals surface area contributed by atoms with Gasteiger partial charge in [0.1, 0.15) is 5.78 Å². The van der Waals surface area contributed by atoms with Crippen LogP contribution in [0.3, 0.4) is 0 Å². The zero-order valence-electron chi connectivity index (χ0n) is 17.2. The minimum Gasteiger partial charge on any atom is -0.469 e. The van der Waals surface area contributed by atoms with E-state index in [0.29, 0.717) is 42.8 Å². The molecule has 0 amide bonds. The van der Waals surface area contributed by atoms with Crippen molar-refractivity contribution in [3.8, 4) is 0 Å². The SMILES string of the molecule is COC(=O)CCC1(C)C(=O)CCC2C1CCC1(C)C(c3cccnc3)=CCC21. The van der Waals surface area contributed by atoms with Crippen molar-refractivity contribution >= 4 is 17.3 Å². The lowest BCUT2D eigenvalue weighted by Crippen LogP contribution is -2.51. The number of nitrogens with zero attached hydrogens (tertiary/aromatic N) is 1. The average Bonchev–Trinajstić information content (AvgIpc) is 3.07. The summed E-state index contributed by atoms with van der Waals surface area (Å²) in [6.07, 6.45) is 12.1. The highest BCUT2D eigenvalue weighted by atomic mass is 16.5. The van der Waals surface area contributed by atoms with Crippen LogP contribution in [0.2, 0.25) is 0 Å². The molecular weight excluding hydrogens is 350 g/mol. The Hall–Kier alpha value is -1.97. The van der Waals surface area contributed by atoms with E-state index >= 15 is 0 Å². The third-order valence-electron chi connectivity index (χ3n) is 8.23. The summed E-state index contributed by atoms with van der Waals surface area (Å²) in [5.74, 6) is 1.63. The Bertz CT molecular complexity index is 801. The Morgan fingerprint density at radius 1 is 1.29 bits per heavy atom. The zero-order chi connectivity index (χ0) is 19.9. The third kappa shape index (κ3) is 2.92. The van der Waals surface area contributed by atoms with Crippen molar-refractivity contribution in [2.45, 2.75) is 58.8 Å². The number of ether oxygens (including phenoxy) is 1. The first-order valence-corrected chi connectivity index (χ1v) is 10.6. The van der Waals surface area contributed by atoms with Crippen LogP contribution in [0.25, 0.3) is 5.57 Å². The van der Waals surface area contributed by atoms with Gasteiger partial charge in [0.15, 0.2) is 0 Å². The standard InChI is InChI=1S/C24H31NO3/c1-23-12-10-20-17(6-9-21(26)24(20,2)13-11-22(27)28-3)19(23)8-7-18(23)16-5-4-14-25-15-16/h4-5,7,14-15,17,19-20H,6,8-13H2,1-3H3. The smallest absolute Gasteiger partial charge is 0.305 e. The summed E-state index contributed by atoms with van der Waals surface area (Å²) in [7, 11) is 1.42. The molecule has 150 valence electrons.